The summed E-state index contributed by atoms with van der Waals surface area (Å²) in [5.74, 6) is 0.0473. The SMILES string of the molecule is CC(=O)N(c1ccccc1)C1(c2cccc(-c3cccs3)n2)CCN(Cc2ccccc2)CC1. The van der Waals surface area contributed by atoms with Gasteiger partial charge in [0.15, 0.2) is 0 Å². The molecule has 0 radical (unpaired) electrons. The molecule has 34 heavy (non-hydrogen) atoms. The van der Waals surface area contributed by atoms with Crippen molar-refractivity contribution in [1.29, 1.82) is 0 Å². The fraction of sp³-hybridized carbons (Fsp3) is 0.241. The lowest BCUT2D eigenvalue weighted by atomic mass is 9.81. The van der Waals surface area contributed by atoms with Gasteiger partial charge in [-0.1, -0.05) is 60.7 Å². The monoisotopic (exact) mass is 467 g/mol. The van der Waals surface area contributed by atoms with Crippen LogP contribution < -0.4 is 4.90 Å². The molecule has 4 aromatic rings. The average molecular weight is 468 g/mol. The summed E-state index contributed by atoms with van der Waals surface area (Å²) < 4.78 is 0. The highest BCUT2D eigenvalue weighted by Gasteiger charge is 2.45. The van der Waals surface area contributed by atoms with Gasteiger partial charge in [0.1, 0.15) is 0 Å². The molecule has 1 fully saturated rings. The number of likely N-dealkylation sites (tertiary alicyclic amines) is 1. The van der Waals surface area contributed by atoms with E-state index < -0.39 is 5.54 Å². The van der Waals surface area contributed by atoms with E-state index in [0.717, 1.165) is 54.4 Å². The molecular formula is C29H29N3OS. The molecule has 1 amide bonds. The van der Waals surface area contributed by atoms with Gasteiger partial charge in [0.25, 0.3) is 0 Å². The Morgan fingerprint density at radius 2 is 1.62 bits per heavy atom. The lowest BCUT2D eigenvalue weighted by Crippen LogP contribution is -2.55. The summed E-state index contributed by atoms with van der Waals surface area (Å²) in [5.41, 5.74) is 3.69. The average Bonchev–Trinajstić information content (AvgIpc) is 3.42. The molecule has 172 valence electrons. The van der Waals surface area contributed by atoms with Crippen molar-refractivity contribution in [1.82, 2.24) is 9.88 Å². The molecule has 4 nitrogen and oxygen atoms in total. The first-order valence-corrected chi connectivity index (χ1v) is 12.7. The molecule has 1 saturated heterocycles. The number of piperidine rings is 1. The van der Waals surface area contributed by atoms with E-state index in [-0.39, 0.29) is 5.91 Å². The molecule has 0 atom stereocenters. The second kappa shape index (κ2) is 9.92. The smallest absolute Gasteiger partial charge is 0.224 e. The first-order chi connectivity index (χ1) is 16.7. The molecule has 3 heterocycles. The van der Waals surface area contributed by atoms with E-state index in [1.54, 1.807) is 18.3 Å². The van der Waals surface area contributed by atoms with Crippen LogP contribution in [0, 0.1) is 0 Å². The zero-order valence-electron chi connectivity index (χ0n) is 19.4. The molecule has 0 unspecified atom stereocenters. The molecule has 0 saturated carbocycles. The van der Waals surface area contributed by atoms with Crippen LogP contribution in [0.3, 0.4) is 0 Å². The number of para-hydroxylation sites is 1. The fourth-order valence-electron chi connectivity index (χ4n) is 5.08. The number of carbonyl (C=O) groups excluding carboxylic acids is 1. The number of hydrogen-bond donors (Lipinski definition) is 0. The van der Waals surface area contributed by atoms with Crippen molar-refractivity contribution in [3.8, 4) is 10.6 Å². The summed E-state index contributed by atoms with van der Waals surface area (Å²) in [6, 6.07) is 31.1. The molecule has 0 bridgehead atoms. The lowest BCUT2D eigenvalue weighted by molar-refractivity contribution is -0.118. The zero-order chi connectivity index (χ0) is 23.4. The number of carbonyl (C=O) groups is 1. The van der Waals surface area contributed by atoms with Gasteiger partial charge >= 0.3 is 0 Å². The summed E-state index contributed by atoms with van der Waals surface area (Å²) in [6.45, 7) is 4.39. The van der Waals surface area contributed by atoms with E-state index >= 15 is 0 Å². The molecule has 2 aromatic heterocycles. The number of rotatable bonds is 6. The number of nitrogens with zero attached hydrogens (tertiary/aromatic N) is 3. The van der Waals surface area contributed by atoms with Gasteiger partial charge in [0.05, 0.1) is 21.8 Å². The molecule has 0 N–H and O–H groups in total. The Balaban J connectivity index is 1.53. The number of pyridine rings is 1. The van der Waals surface area contributed by atoms with E-state index in [9.17, 15) is 4.79 Å². The minimum Gasteiger partial charge on any atom is -0.301 e. The maximum atomic E-state index is 13.2. The summed E-state index contributed by atoms with van der Waals surface area (Å²) in [4.78, 5) is 24.0. The quantitative estimate of drug-likeness (QED) is 0.331. The van der Waals surface area contributed by atoms with Crippen molar-refractivity contribution in [2.45, 2.75) is 31.8 Å². The third-order valence-corrected chi connectivity index (χ3v) is 7.58. The van der Waals surface area contributed by atoms with Gasteiger partial charge in [-0.15, -0.1) is 11.3 Å². The van der Waals surface area contributed by atoms with Crippen molar-refractivity contribution in [2.24, 2.45) is 0 Å². The molecule has 1 aliphatic heterocycles. The normalized spacial score (nSPS) is 15.7. The minimum atomic E-state index is -0.492. The van der Waals surface area contributed by atoms with Crippen molar-refractivity contribution in [3.63, 3.8) is 0 Å². The number of amides is 1. The third kappa shape index (κ3) is 4.54. The Hall–Kier alpha value is -3.28. The van der Waals surface area contributed by atoms with Crippen LogP contribution in [0.1, 0.15) is 31.0 Å². The second-order valence-electron chi connectivity index (χ2n) is 8.87. The Bertz CT molecular complexity index is 1220. The zero-order valence-corrected chi connectivity index (χ0v) is 20.2. The molecule has 2 aromatic carbocycles. The van der Waals surface area contributed by atoms with Crippen molar-refractivity contribution < 1.29 is 4.79 Å². The van der Waals surface area contributed by atoms with Crippen molar-refractivity contribution in [3.05, 3.63) is 108 Å². The highest BCUT2D eigenvalue weighted by molar-refractivity contribution is 7.13. The van der Waals surface area contributed by atoms with Crippen LogP contribution in [-0.2, 0) is 16.9 Å². The Morgan fingerprint density at radius 1 is 0.912 bits per heavy atom. The largest absolute Gasteiger partial charge is 0.301 e. The number of thiophene rings is 1. The van der Waals surface area contributed by atoms with Crippen LogP contribution in [0.5, 0.6) is 0 Å². The highest BCUT2D eigenvalue weighted by Crippen LogP contribution is 2.42. The van der Waals surface area contributed by atoms with Gasteiger partial charge in [-0.25, -0.2) is 4.98 Å². The summed E-state index contributed by atoms with van der Waals surface area (Å²) in [6.07, 6.45) is 1.66. The van der Waals surface area contributed by atoms with E-state index in [2.05, 4.69) is 70.9 Å². The van der Waals surface area contributed by atoms with E-state index in [0.29, 0.717) is 0 Å². The predicted molar refractivity (Wildman–Crippen MR) is 140 cm³/mol. The molecule has 0 spiro atoms. The number of hydrogen-bond acceptors (Lipinski definition) is 4. The van der Waals surface area contributed by atoms with Crippen LogP contribution in [0.25, 0.3) is 10.6 Å². The Labute approximate surface area is 205 Å². The predicted octanol–water partition coefficient (Wildman–Crippen LogP) is 6.35. The van der Waals surface area contributed by atoms with Crippen LogP contribution in [0.15, 0.2) is 96.4 Å². The second-order valence-corrected chi connectivity index (χ2v) is 9.82. The van der Waals surface area contributed by atoms with Crippen molar-refractivity contribution >= 4 is 22.9 Å². The van der Waals surface area contributed by atoms with Gasteiger partial charge in [-0.05, 0) is 54.1 Å². The first kappa shape index (κ1) is 22.5. The van der Waals surface area contributed by atoms with Gasteiger partial charge in [-0.2, -0.15) is 0 Å². The fourth-order valence-corrected chi connectivity index (χ4v) is 5.78. The van der Waals surface area contributed by atoms with Crippen molar-refractivity contribution in [2.75, 3.05) is 18.0 Å². The number of benzene rings is 2. The lowest BCUT2D eigenvalue weighted by Gasteiger charge is -2.48. The topological polar surface area (TPSA) is 36.4 Å². The Morgan fingerprint density at radius 3 is 2.26 bits per heavy atom. The van der Waals surface area contributed by atoms with Gasteiger partial charge < -0.3 is 4.90 Å². The van der Waals surface area contributed by atoms with Gasteiger partial charge in [0.2, 0.25) is 5.91 Å². The van der Waals surface area contributed by atoms with Crippen LogP contribution in [0.2, 0.25) is 0 Å². The molecule has 0 aliphatic carbocycles. The summed E-state index contributed by atoms with van der Waals surface area (Å²) >= 11 is 1.69. The standard InChI is InChI=1S/C29H29N3OS/c1-23(33)32(25-12-6-3-7-13-25)29(28-16-8-14-26(30-28)27-15-9-21-34-27)17-19-31(20-18-29)22-24-10-4-2-5-11-24/h2-16,21H,17-20,22H2,1H3. The van der Waals surface area contributed by atoms with Gasteiger partial charge in [0, 0.05) is 32.2 Å². The molecule has 5 heteroatoms. The maximum Gasteiger partial charge on any atom is 0.224 e. The molecule has 5 rings (SSSR count). The van der Waals surface area contributed by atoms with Crippen LogP contribution in [-0.4, -0.2) is 28.9 Å². The maximum absolute atomic E-state index is 13.2. The number of anilines is 1. The van der Waals surface area contributed by atoms with E-state index in [1.807, 2.05) is 35.2 Å². The Kier molecular flexibility index (Phi) is 6.57. The number of aromatic nitrogens is 1. The van der Waals surface area contributed by atoms with Gasteiger partial charge in [-0.3, -0.25) is 9.69 Å². The summed E-state index contributed by atoms with van der Waals surface area (Å²) in [5, 5.41) is 2.08. The van der Waals surface area contributed by atoms with E-state index in [1.165, 1.54) is 5.56 Å². The molecule has 1 aliphatic rings. The third-order valence-electron chi connectivity index (χ3n) is 6.69. The minimum absolute atomic E-state index is 0.0473. The first-order valence-electron chi connectivity index (χ1n) is 11.8. The highest BCUT2D eigenvalue weighted by atomic mass is 32.1. The van der Waals surface area contributed by atoms with Crippen LogP contribution >= 0.6 is 11.3 Å². The van der Waals surface area contributed by atoms with Crippen LogP contribution in [0.4, 0.5) is 5.69 Å². The van der Waals surface area contributed by atoms with E-state index in [4.69, 9.17) is 4.98 Å². The summed E-state index contributed by atoms with van der Waals surface area (Å²) in [7, 11) is 0. The molecular weight excluding hydrogens is 438 g/mol.